The SMILES string of the molecule is COCCc1noc(CN(C)[C@@H](C)Cc2cnccn2)n1. The zero-order valence-electron chi connectivity index (χ0n) is 12.7. The summed E-state index contributed by atoms with van der Waals surface area (Å²) in [5.74, 6) is 1.30. The Balaban J connectivity index is 1.85. The molecule has 0 saturated heterocycles. The van der Waals surface area contributed by atoms with E-state index in [1.165, 1.54) is 0 Å². The van der Waals surface area contributed by atoms with Crippen LogP contribution in [-0.2, 0) is 24.1 Å². The number of nitrogens with zero attached hydrogens (tertiary/aromatic N) is 5. The number of likely N-dealkylation sites (N-methyl/N-ethyl adjacent to an activating group) is 1. The summed E-state index contributed by atoms with van der Waals surface area (Å²) in [5.41, 5.74) is 0.975. The van der Waals surface area contributed by atoms with Gasteiger partial charge in [0.15, 0.2) is 5.82 Å². The monoisotopic (exact) mass is 291 g/mol. The first-order chi connectivity index (χ1) is 10.2. The van der Waals surface area contributed by atoms with E-state index in [1.54, 1.807) is 25.7 Å². The summed E-state index contributed by atoms with van der Waals surface area (Å²) < 4.78 is 10.2. The van der Waals surface area contributed by atoms with Crippen molar-refractivity contribution < 1.29 is 9.26 Å². The topological polar surface area (TPSA) is 77.2 Å². The van der Waals surface area contributed by atoms with Crippen LogP contribution < -0.4 is 0 Å². The van der Waals surface area contributed by atoms with Crippen molar-refractivity contribution in [2.45, 2.75) is 32.4 Å². The number of aromatic nitrogens is 4. The minimum Gasteiger partial charge on any atom is -0.384 e. The zero-order chi connectivity index (χ0) is 15.1. The third kappa shape index (κ3) is 4.87. The van der Waals surface area contributed by atoms with Crippen LogP contribution in [0.2, 0.25) is 0 Å². The van der Waals surface area contributed by atoms with Gasteiger partial charge < -0.3 is 9.26 Å². The Bertz CT molecular complexity index is 531. The maximum Gasteiger partial charge on any atom is 0.240 e. The first-order valence-electron chi connectivity index (χ1n) is 6.94. The van der Waals surface area contributed by atoms with Crippen molar-refractivity contribution in [1.29, 1.82) is 0 Å². The summed E-state index contributed by atoms with van der Waals surface area (Å²) in [7, 11) is 3.68. The van der Waals surface area contributed by atoms with Gasteiger partial charge in [-0.05, 0) is 14.0 Å². The molecule has 0 fully saturated rings. The fraction of sp³-hybridized carbons (Fsp3) is 0.571. The summed E-state index contributed by atoms with van der Waals surface area (Å²) in [4.78, 5) is 14.9. The molecule has 0 radical (unpaired) electrons. The van der Waals surface area contributed by atoms with Gasteiger partial charge in [0.2, 0.25) is 5.89 Å². The molecule has 0 aromatic carbocycles. The summed E-state index contributed by atoms with van der Waals surface area (Å²) in [5, 5.41) is 3.93. The Morgan fingerprint density at radius 3 is 2.95 bits per heavy atom. The first-order valence-corrected chi connectivity index (χ1v) is 6.94. The Morgan fingerprint density at radius 2 is 2.24 bits per heavy atom. The van der Waals surface area contributed by atoms with Crippen LogP contribution >= 0.6 is 0 Å². The van der Waals surface area contributed by atoms with Gasteiger partial charge in [-0.25, -0.2) is 0 Å². The molecule has 21 heavy (non-hydrogen) atoms. The van der Waals surface area contributed by atoms with Gasteiger partial charge in [-0.15, -0.1) is 0 Å². The van der Waals surface area contributed by atoms with Crippen molar-refractivity contribution in [3.63, 3.8) is 0 Å². The molecule has 1 atom stereocenters. The van der Waals surface area contributed by atoms with Crippen LogP contribution in [0.4, 0.5) is 0 Å². The lowest BCUT2D eigenvalue weighted by Crippen LogP contribution is -2.30. The third-order valence-corrected chi connectivity index (χ3v) is 3.30. The van der Waals surface area contributed by atoms with Gasteiger partial charge in [0.25, 0.3) is 0 Å². The normalized spacial score (nSPS) is 12.8. The second kappa shape index (κ2) is 7.80. The average Bonchev–Trinajstić information content (AvgIpc) is 2.93. The molecule has 0 unspecified atom stereocenters. The molecule has 0 N–H and O–H groups in total. The lowest BCUT2D eigenvalue weighted by molar-refractivity contribution is 0.199. The highest BCUT2D eigenvalue weighted by Crippen LogP contribution is 2.08. The molecule has 0 bridgehead atoms. The van der Waals surface area contributed by atoms with E-state index in [4.69, 9.17) is 9.26 Å². The lowest BCUT2D eigenvalue weighted by atomic mass is 10.1. The molecule has 2 heterocycles. The number of methoxy groups -OCH3 is 1. The molecule has 0 amide bonds. The zero-order valence-corrected chi connectivity index (χ0v) is 12.7. The number of rotatable bonds is 8. The van der Waals surface area contributed by atoms with Gasteiger partial charge in [0.05, 0.1) is 18.8 Å². The van der Waals surface area contributed by atoms with Crippen LogP contribution in [0, 0.1) is 0 Å². The molecule has 0 aliphatic heterocycles. The van der Waals surface area contributed by atoms with Crippen LogP contribution in [0.3, 0.4) is 0 Å². The van der Waals surface area contributed by atoms with Crippen LogP contribution in [0.15, 0.2) is 23.1 Å². The van der Waals surface area contributed by atoms with E-state index in [1.807, 2.05) is 7.05 Å². The average molecular weight is 291 g/mol. The van der Waals surface area contributed by atoms with Gasteiger partial charge in [-0.3, -0.25) is 14.9 Å². The summed E-state index contributed by atoms with van der Waals surface area (Å²) in [6.07, 6.45) is 6.67. The summed E-state index contributed by atoms with van der Waals surface area (Å²) in [6.45, 7) is 3.34. The standard InChI is InChI=1S/C14H21N5O2/c1-11(8-12-9-15-5-6-16-12)19(2)10-14-17-13(18-21-14)4-7-20-3/h5-6,9,11H,4,7-8,10H2,1-3H3/t11-/m0/s1. The van der Waals surface area contributed by atoms with Gasteiger partial charge in [0, 0.05) is 44.6 Å². The first kappa shape index (κ1) is 15.5. The smallest absolute Gasteiger partial charge is 0.240 e. The Hall–Kier alpha value is -1.86. The molecular formula is C14H21N5O2. The Kier molecular flexibility index (Phi) is 5.77. The van der Waals surface area contributed by atoms with E-state index in [0.29, 0.717) is 37.3 Å². The van der Waals surface area contributed by atoms with Crippen molar-refractivity contribution in [3.05, 3.63) is 36.0 Å². The minimum absolute atomic E-state index is 0.302. The van der Waals surface area contributed by atoms with Crippen molar-refractivity contribution in [2.24, 2.45) is 0 Å². The number of hydrogen-bond donors (Lipinski definition) is 0. The van der Waals surface area contributed by atoms with E-state index in [0.717, 1.165) is 12.1 Å². The van der Waals surface area contributed by atoms with Crippen molar-refractivity contribution in [1.82, 2.24) is 25.0 Å². The van der Waals surface area contributed by atoms with E-state index < -0.39 is 0 Å². The molecule has 2 aromatic heterocycles. The molecule has 0 aliphatic carbocycles. The number of ether oxygens (including phenoxy) is 1. The molecule has 114 valence electrons. The maximum absolute atomic E-state index is 5.25. The highest BCUT2D eigenvalue weighted by Gasteiger charge is 2.15. The Labute approximate surface area is 124 Å². The third-order valence-electron chi connectivity index (χ3n) is 3.30. The Morgan fingerprint density at radius 1 is 1.38 bits per heavy atom. The molecule has 0 spiro atoms. The van der Waals surface area contributed by atoms with E-state index in [9.17, 15) is 0 Å². The van der Waals surface area contributed by atoms with Gasteiger partial charge in [-0.2, -0.15) is 4.98 Å². The highest BCUT2D eigenvalue weighted by molar-refractivity contribution is 4.97. The van der Waals surface area contributed by atoms with Crippen molar-refractivity contribution >= 4 is 0 Å². The quantitative estimate of drug-likeness (QED) is 0.721. The number of hydrogen-bond acceptors (Lipinski definition) is 7. The predicted molar refractivity (Wildman–Crippen MR) is 76.5 cm³/mol. The largest absolute Gasteiger partial charge is 0.384 e. The van der Waals surface area contributed by atoms with E-state index in [-0.39, 0.29) is 0 Å². The molecule has 2 rings (SSSR count). The van der Waals surface area contributed by atoms with Gasteiger partial charge >= 0.3 is 0 Å². The molecule has 7 heteroatoms. The summed E-state index contributed by atoms with van der Waals surface area (Å²) in [6, 6.07) is 0.302. The molecule has 2 aromatic rings. The summed E-state index contributed by atoms with van der Waals surface area (Å²) >= 11 is 0. The predicted octanol–water partition coefficient (Wildman–Crippen LogP) is 1.11. The van der Waals surface area contributed by atoms with Crippen molar-refractivity contribution in [3.8, 4) is 0 Å². The molecule has 7 nitrogen and oxygen atoms in total. The van der Waals surface area contributed by atoms with Gasteiger partial charge in [-0.1, -0.05) is 5.16 Å². The molecule has 0 saturated carbocycles. The van der Waals surface area contributed by atoms with Crippen LogP contribution in [0.25, 0.3) is 0 Å². The van der Waals surface area contributed by atoms with Crippen LogP contribution in [0.1, 0.15) is 24.3 Å². The van der Waals surface area contributed by atoms with E-state index in [2.05, 4.69) is 31.9 Å². The fourth-order valence-corrected chi connectivity index (χ4v) is 1.91. The van der Waals surface area contributed by atoms with Crippen molar-refractivity contribution in [2.75, 3.05) is 20.8 Å². The second-order valence-electron chi connectivity index (χ2n) is 5.01. The second-order valence-corrected chi connectivity index (χ2v) is 5.01. The molecular weight excluding hydrogens is 270 g/mol. The van der Waals surface area contributed by atoms with Gasteiger partial charge in [0.1, 0.15) is 0 Å². The van der Waals surface area contributed by atoms with E-state index >= 15 is 0 Å². The fourth-order valence-electron chi connectivity index (χ4n) is 1.91. The molecule has 0 aliphatic rings. The van der Waals surface area contributed by atoms with Crippen LogP contribution in [0.5, 0.6) is 0 Å². The highest BCUT2D eigenvalue weighted by atomic mass is 16.5. The van der Waals surface area contributed by atoms with Crippen LogP contribution in [-0.4, -0.2) is 51.8 Å². The maximum atomic E-state index is 5.25. The minimum atomic E-state index is 0.302. The lowest BCUT2D eigenvalue weighted by Gasteiger charge is -2.22.